The highest BCUT2D eigenvalue weighted by molar-refractivity contribution is 5.91. The van der Waals surface area contributed by atoms with Crippen molar-refractivity contribution < 1.29 is 14.3 Å². The van der Waals surface area contributed by atoms with Crippen LogP contribution in [0.3, 0.4) is 0 Å². The van der Waals surface area contributed by atoms with Crippen LogP contribution in [0, 0.1) is 11.8 Å². The van der Waals surface area contributed by atoms with Crippen molar-refractivity contribution in [3.63, 3.8) is 0 Å². The van der Waals surface area contributed by atoms with Crippen LogP contribution in [0.2, 0.25) is 0 Å². The summed E-state index contributed by atoms with van der Waals surface area (Å²) in [6.07, 6.45) is 26.9. The summed E-state index contributed by atoms with van der Waals surface area (Å²) in [6.45, 7) is 6.79. The SMILES string of the molecule is C=CCCCCCCCCCCOc1ccc(C(=O)Oc2ccc(CC[C@H]3CC[C@H](CCCCC)CC3)cc2)cc1. The molecule has 226 valence electrons. The summed E-state index contributed by atoms with van der Waals surface area (Å²) < 4.78 is 11.5. The fourth-order valence-corrected chi connectivity index (χ4v) is 6.08. The Hall–Kier alpha value is -2.55. The van der Waals surface area contributed by atoms with Crippen LogP contribution in [-0.2, 0) is 6.42 Å². The maximum atomic E-state index is 12.6. The number of carbonyl (C=O) groups excluding carboxylic acids is 1. The molecule has 1 saturated carbocycles. The lowest BCUT2D eigenvalue weighted by Gasteiger charge is -2.28. The number of benzene rings is 2. The Balaban J connectivity index is 1.26. The van der Waals surface area contributed by atoms with Gasteiger partial charge in [0.2, 0.25) is 0 Å². The fourth-order valence-electron chi connectivity index (χ4n) is 6.08. The number of rotatable bonds is 21. The first-order valence-corrected chi connectivity index (χ1v) is 16.8. The van der Waals surface area contributed by atoms with Gasteiger partial charge in [0, 0.05) is 0 Å². The van der Waals surface area contributed by atoms with E-state index in [1.807, 2.05) is 30.3 Å². The molecule has 0 radical (unpaired) electrons. The van der Waals surface area contributed by atoms with Gasteiger partial charge in [0.1, 0.15) is 11.5 Å². The van der Waals surface area contributed by atoms with Gasteiger partial charge in [-0.15, -0.1) is 6.58 Å². The second-order valence-electron chi connectivity index (χ2n) is 12.2. The Morgan fingerprint density at radius 3 is 1.95 bits per heavy atom. The molecule has 1 fully saturated rings. The van der Waals surface area contributed by atoms with Gasteiger partial charge in [0.05, 0.1) is 12.2 Å². The summed E-state index contributed by atoms with van der Waals surface area (Å²) >= 11 is 0. The van der Waals surface area contributed by atoms with E-state index in [0.717, 1.165) is 43.5 Å². The molecule has 0 N–H and O–H groups in total. The quantitative estimate of drug-likeness (QED) is 0.0659. The molecular formula is C38H56O3. The Bertz CT molecular complexity index is 954. The third-order valence-corrected chi connectivity index (χ3v) is 8.82. The molecule has 41 heavy (non-hydrogen) atoms. The van der Waals surface area contributed by atoms with E-state index >= 15 is 0 Å². The lowest BCUT2D eigenvalue weighted by Crippen LogP contribution is -2.15. The van der Waals surface area contributed by atoms with Crippen molar-refractivity contribution in [1.29, 1.82) is 0 Å². The first kappa shape index (κ1) is 33.0. The molecule has 0 heterocycles. The van der Waals surface area contributed by atoms with E-state index in [-0.39, 0.29) is 5.97 Å². The van der Waals surface area contributed by atoms with E-state index in [2.05, 4.69) is 25.6 Å². The average Bonchev–Trinajstić information content (AvgIpc) is 3.00. The van der Waals surface area contributed by atoms with E-state index in [0.29, 0.717) is 11.3 Å². The summed E-state index contributed by atoms with van der Waals surface area (Å²) in [5.41, 5.74) is 1.87. The summed E-state index contributed by atoms with van der Waals surface area (Å²) in [6, 6.07) is 15.4. The Morgan fingerprint density at radius 1 is 0.732 bits per heavy atom. The normalized spacial score (nSPS) is 16.8. The summed E-state index contributed by atoms with van der Waals surface area (Å²) in [5, 5.41) is 0. The van der Waals surface area contributed by atoms with Gasteiger partial charge in [-0.2, -0.15) is 0 Å². The monoisotopic (exact) mass is 560 g/mol. The second kappa shape index (κ2) is 20.3. The van der Waals surface area contributed by atoms with Gasteiger partial charge in [-0.05, 0) is 85.9 Å². The van der Waals surface area contributed by atoms with Crippen LogP contribution < -0.4 is 9.47 Å². The Morgan fingerprint density at radius 2 is 1.32 bits per heavy atom. The summed E-state index contributed by atoms with van der Waals surface area (Å²) in [5.74, 6) is 2.92. The molecule has 0 aliphatic heterocycles. The molecule has 0 spiro atoms. The number of hydrogen-bond acceptors (Lipinski definition) is 3. The molecule has 3 nitrogen and oxygen atoms in total. The molecule has 3 rings (SSSR count). The summed E-state index contributed by atoms with van der Waals surface area (Å²) in [7, 11) is 0. The van der Waals surface area contributed by atoms with E-state index in [1.165, 1.54) is 108 Å². The van der Waals surface area contributed by atoms with Crippen LogP contribution in [0.5, 0.6) is 11.5 Å². The third kappa shape index (κ3) is 13.8. The molecular weight excluding hydrogens is 504 g/mol. The van der Waals surface area contributed by atoms with Crippen LogP contribution in [-0.4, -0.2) is 12.6 Å². The number of unbranched alkanes of at least 4 members (excludes halogenated alkanes) is 10. The molecule has 0 saturated heterocycles. The zero-order chi connectivity index (χ0) is 29.0. The van der Waals surface area contributed by atoms with Gasteiger partial charge >= 0.3 is 5.97 Å². The number of hydrogen-bond donors (Lipinski definition) is 0. The van der Waals surface area contributed by atoms with Gasteiger partial charge in [-0.1, -0.05) is 115 Å². The van der Waals surface area contributed by atoms with Crippen LogP contribution in [0.4, 0.5) is 0 Å². The number of carbonyl (C=O) groups is 1. The zero-order valence-electron chi connectivity index (χ0n) is 25.9. The molecule has 2 aromatic rings. The average molecular weight is 561 g/mol. The standard InChI is InChI=1S/C38H56O3/c1-3-5-7-8-9-10-11-12-13-15-31-40-36-29-25-35(26-30-36)38(39)41-37-27-23-34(24-28-37)22-21-33-19-17-32(18-20-33)16-14-6-4-2/h3,23-30,32-33H,1,4-22,31H2,2H3/t32-,33-. The predicted octanol–water partition coefficient (Wildman–Crippen LogP) is 11.3. The second-order valence-corrected chi connectivity index (χ2v) is 12.2. The first-order valence-electron chi connectivity index (χ1n) is 16.8. The van der Waals surface area contributed by atoms with E-state index < -0.39 is 0 Å². The van der Waals surface area contributed by atoms with Gasteiger partial charge in [0.15, 0.2) is 0 Å². The van der Waals surface area contributed by atoms with E-state index in [1.54, 1.807) is 12.1 Å². The number of aryl methyl sites for hydroxylation is 1. The minimum absolute atomic E-state index is 0.329. The van der Waals surface area contributed by atoms with Crippen molar-refractivity contribution in [2.24, 2.45) is 11.8 Å². The van der Waals surface area contributed by atoms with Gasteiger partial charge < -0.3 is 9.47 Å². The van der Waals surface area contributed by atoms with E-state index in [4.69, 9.17) is 9.47 Å². The highest BCUT2D eigenvalue weighted by Gasteiger charge is 2.20. The van der Waals surface area contributed by atoms with Crippen LogP contribution in [0.1, 0.15) is 138 Å². The highest BCUT2D eigenvalue weighted by atomic mass is 16.5. The van der Waals surface area contributed by atoms with Crippen LogP contribution >= 0.6 is 0 Å². The Kier molecular flexibility index (Phi) is 16.4. The van der Waals surface area contributed by atoms with Crippen molar-refractivity contribution in [3.05, 3.63) is 72.3 Å². The molecule has 0 amide bonds. The number of esters is 1. The Labute approximate surface area is 251 Å². The van der Waals surface area contributed by atoms with Crippen molar-refractivity contribution in [3.8, 4) is 11.5 Å². The molecule has 3 heteroatoms. The molecule has 1 aliphatic carbocycles. The fraction of sp³-hybridized carbons (Fsp3) is 0.605. The maximum absolute atomic E-state index is 12.6. The molecule has 0 bridgehead atoms. The van der Waals surface area contributed by atoms with Crippen LogP contribution in [0.15, 0.2) is 61.2 Å². The minimum Gasteiger partial charge on any atom is -0.494 e. The summed E-state index contributed by atoms with van der Waals surface area (Å²) in [4.78, 5) is 12.6. The van der Waals surface area contributed by atoms with Crippen molar-refractivity contribution >= 4 is 5.97 Å². The highest BCUT2D eigenvalue weighted by Crippen LogP contribution is 2.34. The van der Waals surface area contributed by atoms with Crippen molar-refractivity contribution in [1.82, 2.24) is 0 Å². The van der Waals surface area contributed by atoms with Crippen molar-refractivity contribution in [2.75, 3.05) is 6.61 Å². The topological polar surface area (TPSA) is 35.5 Å². The first-order chi connectivity index (χ1) is 20.2. The zero-order valence-corrected chi connectivity index (χ0v) is 25.9. The molecule has 0 aromatic heterocycles. The maximum Gasteiger partial charge on any atom is 0.343 e. The lowest BCUT2D eigenvalue weighted by atomic mass is 9.78. The van der Waals surface area contributed by atoms with Crippen molar-refractivity contribution in [2.45, 2.75) is 129 Å². The van der Waals surface area contributed by atoms with Crippen LogP contribution in [0.25, 0.3) is 0 Å². The lowest BCUT2D eigenvalue weighted by molar-refractivity contribution is 0.0734. The van der Waals surface area contributed by atoms with Gasteiger partial charge in [0.25, 0.3) is 0 Å². The van der Waals surface area contributed by atoms with Gasteiger partial charge in [-0.25, -0.2) is 4.79 Å². The molecule has 0 unspecified atom stereocenters. The number of ether oxygens (including phenoxy) is 2. The minimum atomic E-state index is -0.329. The van der Waals surface area contributed by atoms with Gasteiger partial charge in [-0.3, -0.25) is 0 Å². The largest absolute Gasteiger partial charge is 0.494 e. The predicted molar refractivity (Wildman–Crippen MR) is 173 cm³/mol. The smallest absolute Gasteiger partial charge is 0.343 e. The third-order valence-electron chi connectivity index (χ3n) is 8.82. The molecule has 1 aliphatic rings. The number of allylic oxidation sites excluding steroid dienone is 1. The molecule has 2 aromatic carbocycles. The van der Waals surface area contributed by atoms with E-state index in [9.17, 15) is 4.79 Å². The molecule has 0 atom stereocenters.